The Morgan fingerprint density at radius 1 is 1.45 bits per heavy atom. The number of halogens is 1. The normalized spacial score (nSPS) is 11.8. The van der Waals surface area contributed by atoms with Gasteiger partial charge in [0, 0.05) is 47.6 Å². The van der Waals surface area contributed by atoms with Crippen LogP contribution in [0.25, 0.3) is 0 Å². The topological polar surface area (TPSA) is 62.3 Å². The highest BCUT2D eigenvalue weighted by Gasteiger charge is 2.21. The van der Waals surface area contributed by atoms with E-state index in [0.717, 1.165) is 9.35 Å². The predicted octanol–water partition coefficient (Wildman–Crippen LogP) is 2.77. The lowest BCUT2D eigenvalue weighted by atomic mass is 10.5. The molecule has 0 atom stereocenters. The minimum absolute atomic E-state index is 0.231. The molecule has 0 aliphatic heterocycles. The number of anilines is 1. The highest BCUT2D eigenvalue weighted by atomic mass is 79.9. The second kappa shape index (κ2) is 6.21. The van der Waals surface area contributed by atoms with E-state index in [1.54, 1.807) is 14.1 Å². The van der Waals surface area contributed by atoms with Gasteiger partial charge in [-0.25, -0.2) is 13.4 Å². The maximum atomic E-state index is 12.5. The number of nitrogens with zero attached hydrogens (tertiary/aromatic N) is 2. The van der Waals surface area contributed by atoms with Crippen LogP contribution >= 0.6 is 27.3 Å². The van der Waals surface area contributed by atoms with Gasteiger partial charge < -0.3 is 5.32 Å². The quantitative estimate of drug-likeness (QED) is 0.872. The van der Waals surface area contributed by atoms with Crippen molar-refractivity contribution >= 4 is 43.1 Å². The molecule has 0 amide bonds. The van der Waals surface area contributed by atoms with Gasteiger partial charge >= 0.3 is 0 Å². The summed E-state index contributed by atoms with van der Waals surface area (Å²) in [4.78, 5) is 5.23. The van der Waals surface area contributed by atoms with Gasteiger partial charge in [0.25, 0.3) is 0 Å². The summed E-state index contributed by atoms with van der Waals surface area (Å²) >= 11 is 4.88. The number of thiophene rings is 1. The first-order chi connectivity index (χ1) is 9.43. The summed E-state index contributed by atoms with van der Waals surface area (Å²) in [5.41, 5.74) is 0. The van der Waals surface area contributed by atoms with Gasteiger partial charge in [0.15, 0.2) is 0 Å². The average Bonchev–Trinajstić information content (AvgIpc) is 2.84. The van der Waals surface area contributed by atoms with Crippen LogP contribution in [0.5, 0.6) is 0 Å². The molecule has 2 aromatic heterocycles. The molecule has 1 N–H and O–H groups in total. The van der Waals surface area contributed by atoms with E-state index in [9.17, 15) is 8.42 Å². The maximum absolute atomic E-state index is 12.5. The molecule has 2 rings (SSSR count). The molecule has 0 saturated heterocycles. The fourth-order valence-corrected chi connectivity index (χ4v) is 4.38. The SMILES string of the molecule is CNc1cc(S(=O)(=O)N(C)Cc2cc(Br)cs2)ccn1. The van der Waals surface area contributed by atoms with Crippen molar-refractivity contribution in [3.8, 4) is 0 Å². The molecule has 0 aliphatic rings. The smallest absolute Gasteiger partial charge is 0.243 e. The third-order valence-electron chi connectivity index (χ3n) is 2.70. The lowest BCUT2D eigenvalue weighted by molar-refractivity contribution is 0.469. The molecule has 0 aliphatic carbocycles. The van der Waals surface area contributed by atoms with Gasteiger partial charge in [0.05, 0.1) is 4.90 Å². The molecule has 0 saturated carbocycles. The molecule has 8 heteroatoms. The van der Waals surface area contributed by atoms with Crippen LogP contribution in [0, 0.1) is 0 Å². The molecule has 0 unspecified atom stereocenters. The second-order valence-corrected chi connectivity index (χ2v) is 8.08. The van der Waals surface area contributed by atoms with Crippen molar-refractivity contribution < 1.29 is 8.42 Å². The molecule has 20 heavy (non-hydrogen) atoms. The van der Waals surface area contributed by atoms with E-state index in [1.807, 2.05) is 11.4 Å². The first kappa shape index (κ1) is 15.4. The van der Waals surface area contributed by atoms with E-state index in [0.29, 0.717) is 12.4 Å². The molecule has 2 heterocycles. The minimum atomic E-state index is -3.52. The highest BCUT2D eigenvalue weighted by Crippen LogP contribution is 2.24. The monoisotopic (exact) mass is 375 g/mol. The largest absolute Gasteiger partial charge is 0.373 e. The molecule has 108 valence electrons. The summed E-state index contributed by atoms with van der Waals surface area (Å²) < 4.78 is 27.2. The van der Waals surface area contributed by atoms with Crippen molar-refractivity contribution in [1.29, 1.82) is 0 Å². The molecular weight excluding hydrogens is 362 g/mol. The van der Waals surface area contributed by atoms with Gasteiger partial charge in [0.2, 0.25) is 10.0 Å². The van der Waals surface area contributed by atoms with Crippen LogP contribution in [-0.2, 0) is 16.6 Å². The molecule has 0 bridgehead atoms. The first-order valence-corrected chi connectivity index (χ1v) is 8.88. The van der Waals surface area contributed by atoms with E-state index in [-0.39, 0.29) is 4.90 Å². The number of nitrogens with one attached hydrogen (secondary N) is 1. The first-order valence-electron chi connectivity index (χ1n) is 5.76. The summed E-state index contributed by atoms with van der Waals surface area (Å²) in [6.07, 6.45) is 1.48. The number of hydrogen-bond donors (Lipinski definition) is 1. The van der Waals surface area contributed by atoms with Crippen molar-refractivity contribution in [2.45, 2.75) is 11.4 Å². The van der Waals surface area contributed by atoms with Gasteiger partial charge in [-0.05, 0) is 28.1 Å². The van der Waals surface area contributed by atoms with Crippen LogP contribution in [0.4, 0.5) is 5.82 Å². The van der Waals surface area contributed by atoms with E-state index >= 15 is 0 Å². The van der Waals surface area contributed by atoms with Crippen molar-refractivity contribution in [3.63, 3.8) is 0 Å². The lowest BCUT2D eigenvalue weighted by Crippen LogP contribution is -2.26. The zero-order chi connectivity index (χ0) is 14.8. The summed E-state index contributed by atoms with van der Waals surface area (Å²) in [5, 5.41) is 4.77. The molecule has 0 spiro atoms. The van der Waals surface area contributed by atoms with Crippen LogP contribution in [0.2, 0.25) is 0 Å². The Bertz CT molecular complexity index is 700. The molecule has 0 fully saturated rings. The van der Waals surface area contributed by atoms with E-state index < -0.39 is 10.0 Å². The number of sulfonamides is 1. The van der Waals surface area contributed by atoms with Crippen LogP contribution in [-0.4, -0.2) is 31.8 Å². The zero-order valence-electron chi connectivity index (χ0n) is 11.0. The predicted molar refractivity (Wildman–Crippen MR) is 84.5 cm³/mol. The zero-order valence-corrected chi connectivity index (χ0v) is 14.2. The van der Waals surface area contributed by atoms with Gasteiger partial charge in [-0.3, -0.25) is 0 Å². The van der Waals surface area contributed by atoms with Crippen molar-refractivity contribution in [2.75, 3.05) is 19.4 Å². The summed E-state index contributed by atoms with van der Waals surface area (Å²) in [5.74, 6) is 0.526. The number of pyridine rings is 1. The Morgan fingerprint density at radius 3 is 2.80 bits per heavy atom. The summed E-state index contributed by atoms with van der Waals surface area (Å²) in [6, 6.07) is 4.94. The van der Waals surface area contributed by atoms with Crippen LogP contribution in [0.15, 0.2) is 39.1 Å². The molecule has 2 aromatic rings. The Morgan fingerprint density at radius 2 is 2.20 bits per heavy atom. The fourth-order valence-electron chi connectivity index (χ4n) is 1.63. The van der Waals surface area contributed by atoms with E-state index in [2.05, 4.69) is 26.2 Å². The number of hydrogen-bond acceptors (Lipinski definition) is 5. The van der Waals surface area contributed by atoms with Crippen molar-refractivity contribution in [3.05, 3.63) is 39.1 Å². The average molecular weight is 376 g/mol. The van der Waals surface area contributed by atoms with Crippen LogP contribution in [0.3, 0.4) is 0 Å². The van der Waals surface area contributed by atoms with Gasteiger partial charge in [-0.1, -0.05) is 0 Å². The molecule has 0 aromatic carbocycles. The Hall–Kier alpha value is -0.960. The van der Waals surface area contributed by atoms with Gasteiger partial charge in [-0.2, -0.15) is 4.31 Å². The highest BCUT2D eigenvalue weighted by molar-refractivity contribution is 9.10. The Balaban J connectivity index is 2.24. The standard InChI is InChI=1S/C12H14BrN3O2S2/c1-14-12-6-11(3-4-15-12)20(17,18)16(2)7-10-5-9(13)8-19-10/h3-6,8H,7H2,1-2H3,(H,14,15). The van der Waals surface area contributed by atoms with E-state index in [1.165, 1.54) is 34.0 Å². The number of rotatable bonds is 5. The third kappa shape index (κ3) is 3.38. The van der Waals surface area contributed by atoms with Crippen molar-refractivity contribution in [2.24, 2.45) is 0 Å². The Kier molecular flexibility index (Phi) is 4.79. The fraction of sp³-hybridized carbons (Fsp3) is 0.250. The Labute approximate surface area is 130 Å². The lowest BCUT2D eigenvalue weighted by Gasteiger charge is -2.16. The van der Waals surface area contributed by atoms with E-state index in [4.69, 9.17) is 0 Å². The number of aromatic nitrogens is 1. The molecular formula is C12H14BrN3O2S2. The van der Waals surface area contributed by atoms with Gasteiger partial charge in [0.1, 0.15) is 5.82 Å². The van der Waals surface area contributed by atoms with Crippen molar-refractivity contribution in [1.82, 2.24) is 9.29 Å². The molecule has 5 nitrogen and oxygen atoms in total. The van der Waals surface area contributed by atoms with Crippen LogP contribution in [0.1, 0.15) is 4.88 Å². The summed E-state index contributed by atoms with van der Waals surface area (Å²) in [7, 11) is -0.244. The van der Waals surface area contributed by atoms with Gasteiger partial charge in [-0.15, -0.1) is 11.3 Å². The summed E-state index contributed by atoms with van der Waals surface area (Å²) in [6.45, 7) is 0.343. The third-order valence-corrected chi connectivity index (χ3v) is 6.18. The molecule has 0 radical (unpaired) electrons. The maximum Gasteiger partial charge on any atom is 0.243 e. The second-order valence-electron chi connectivity index (χ2n) is 4.12. The van der Waals surface area contributed by atoms with Crippen LogP contribution < -0.4 is 5.32 Å². The minimum Gasteiger partial charge on any atom is -0.373 e.